The van der Waals surface area contributed by atoms with Gasteiger partial charge in [-0.15, -0.1) is 0 Å². The van der Waals surface area contributed by atoms with E-state index < -0.39 is 17.7 Å². The fourth-order valence-corrected chi connectivity index (χ4v) is 3.54. The molecule has 3 aromatic rings. The van der Waals surface area contributed by atoms with E-state index in [-0.39, 0.29) is 17.2 Å². The molecule has 1 aliphatic heterocycles. The van der Waals surface area contributed by atoms with Gasteiger partial charge in [0.15, 0.2) is 5.82 Å². The van der Waals surface area contributed by atoms with Crippen LogP contribution in [0.4, 0.5) is 5.82 Å². The molecule has 1 saturated heterocycles. The van der Waals surface area contributed by atoms with Crippen molar-refractivity contribution < 1.29 is 19.2 Å². The Morgan fingerprint density at radius 2 is 2.07 bits per heavy atom. The SMILES string of the molecule is Cc1cc(N2C(=O)C(=O)/C(=C(/O)c3c(C)c[nH]c3C)C2c2cccnc2)no1. The summed E-state index contributed by atoms with van der Waals surface area (Å²) in [6, 6.07) is 4.15. The summed E-state index contributed by atoms with van der Waals surface area (Å²) in [6.45, 7) is 5.30. The first-order valence-corrected chi connectivity index (χ1v) is 8.69. The highest BCUT2D eigenvalue weighted by Crippen LogP contribution is 2.42. The van der Waals surface area contributed by atoms with Gasteiger partial charge in [0.1, 0.15) is 11.5 Å². The lowest BCUT2D eigenvalue weighted by atomic mass is 9.95. The molecule has 1 aliphatic rings. The summed E-state index contributed by atoms with van der Waals surface area (Å²) in [6.07, 6.45) is 4.89. The highest BCUT2D eigenvalue weighted by atomic mass is 16.5. The molecular formula is C20H18N4O4. The highest BCUT2D eigenvalue weighted by Gasteiger charge is 2.48. The number of nitrogens with one attached hydrogen (secondary N) is 1. The Morgan fingerprint density at radius 1 is 1.29 bits per heavy atom. The number of aliphatic hydroxyl groups excluding tert-OH is 1. The Balaban J connectivity index is 1.98. The van der Waals surface area contributed by atoms with E-state index >= 15 is 0 Å². The van der Waals surface area contributed by atoms with Crippen molar-refractivity contribution in [2.75, 3.05) is 4.90 Å². The van der Waals surface area contributed by atoms with Crippen LogP contribution in [0.1, 0.15) is 34.2 Å². The van der Waals surface area contributed by atoms with Gasteiger partial charge in [0.05, 0.1) is 11.6 Å². The molecule has 0 saturated carbocycles. The first-order chi connectivity index (χ1) is 13.4. The van der Waals surface area contributed by atoms with Gasteiger partial charge in [-0.2, -0.15) is 0 Å². The molecule has 4 heterocycles. The number of amides is 1. The summed E-state index contributed by atoms with van der Waals surface area (Å²) in [5.41, 5.74) is 2.54. The van der Waals surface area contributed by atoms with Crippen molar-refractivity contribution in [2.24, 2.45) is 0 Å². The summed E-state index contributed by atoms with van der Waals surface area (Å²) in [4.78, 5) is 34.2. The number of hydrogen-bond acceptors (Lipinski definition) is 6. The molecule has 1 unspecified atom stereocenters. The predicted octanol–water partition coefficient (Wildman–Crippen LogP) is 2.95. The molecule has 0 aromatic carbocycles. The first-order valence-electron chi connectivity index (χ1n) is 8.69. The third kappa shape index (κ3) is 2.61. The third-order valence-electron chi connectivity index (χ3n) is 4.82. The zero-order valence-corrected chi connectivity index (χ0v) is 15.6. The molecule has 1 amide bonds. The largest absolute Gasteiger partial charge is 0.507 e. The van der Waals surface area contributed by atoms with Crippen molar-refractivity contribution >= 4 is 23.3 Å². The summed E-state index contributed by atoms with van der Waals surface area (Å²) in [7, 11) is 0. The van der Waals surface area contributed by atoms with Gasteiger partial charge in [0.25, 0.3) is 5.78 Å². The van der Waals surface area contributed by atoms with Crippen molar-refractivity contribution in [1.29, 1.82) is 0 Å². The minimum Gasteiger partial charge on any atom is -0.507 e. The van der Waals surface area contributed by atoms with Crippen LogP contribution < -0.4 is 4.90 Å². The molecule has 3 aromatic heterocycles. The van der Waals surface area contributed by atoms with E-state index in [1.54, 1.807) is 50.6 Å². The monoisotopic (exact) mass is 378 g/mol. The molecule has 0 spiro atoms. The summed E-state index contributed by atoms with van der Waals surface area (Å²) in [5.74, 6) is -1.10. The van der Waals surface area contributed by atoms with E-state index in [1.165, 1.54) is 4.90 Å². The third-order valence-corrected chi connectivity index (χ3v) is 4.82. The van der Waals surface area contributed by atoms with Gasteiger partial charge in [-0.1, -0.05) is 11.2 Å². The van der Waals surface area contributed by atoms with Crippen LogP contribution in [-0.2, 0) is 9.59 Å². The zero-order chi connectivity index (χ0) is 20.0. The predicted molar refractivity (Wildman–Crippen MR) is 101 cm³/mol. The number of carbonyl (C=O) groups excluding carboxylic acids is 2. The second-order valence-electron chi connectivity index (χ2n) is 6.72. The minimum absolute atomic E-state index is 0.00977. The second kappa shape index (κ2) is 6.49. The molecule has 142 valence electrons. The number of rotatable bonds is 3. The van der Waals surface area contributed by atoms with Crippen molar-refractivity contribution in [3.63, 3.8) is 0 Å². The Morgan fingerprint density at radius 3 is 2.64 bits per heavy atom. The van der Waals surface area contributed by atoms with E-state index in [0.717, 1.165) is 5.56 Å². The van der Waals surface area contributed by atoms with Crippen LogP contribution in [0, 0.1) is 20.8 Å². The molecule has 0 radical (unpaired) electrons. The fraction of sp³-hybridized carbons (Fsp3) is 0.200. The lowest BCUT2D eigenvalue weighted by molar-refractivity contribution is -0.132. The summed E-state index contributed by atoms with van der Waals surface area (Å²) >= 11 is 0. The van der Waals surface area contributed by atoms with Crippen molar-refractivity contribution in [2.45, 2.75) is 26.8 Å². The standard InChI is InChI=1S/C20H18N4O4/c1-10-8-22-12(3)15(10)18(25)16-17(13-5-4-6-21-9-13)24(20(27)19(16)26)14-7-11(2)28-23-14/h4-9,17,22,25H,1-3H3/b18-16+. The normalized spacial score (nSPS) is 18.8. The van der Waals surface area contributed by atoms with Crippen LogP contribution in [0.5, 0.6) is 0 Å². The summed E-state index contributed by atoms with van der Waals surface area (Å²) < 4.78 is 5.10. The van der Waals surface area contributed by atoms with Crippen LogP contribution >= 0.6 is 0 Å². The molecule has 8 nitrogen and oxygen atoms in total. The zero-order valence-electron chi connectivity index (χ0n) is 15.6. The van der Waals surface area contributed by atoms with Crippen LogP contribution in [0.2, 0.25) is 0 Å². The Labute approximate surface area is 160 Å². The molecule has 0 aliphatic carbocycles. The molecule has 1 atom stereocenters. The van der Waals surface area contributed by atoms with Crippen LogP contribution in [0.25, 0.3) is 5.76 Å². The van der Waals surface area contributed by atoms with E-state index in [9.17, 15) is 14.7 Å². The van der Waals surface area contributed by atoms with Crippen LogP contribution in [0.15, 0.2) is 46.9 Å². The summed E-state index contributed by atoms with van der Waals surface area (Å²) in [5, 5.41) is 15.0. The number of H-pyrrole nitrogens is 1. The highest BCUT2D eigenvalue weighted by molar-refractivity contribution is 6.51. The quantitative estimate of drug-likeness (QED) is 0.412. The molecule has 2 N–H and O–H groups in total. The van der Waals surface area contributed by atoms with Gasteiger partial charge in [-0.05, 0) is 38.0 Å². The van der Waals surface area contributed by atoms with Gasteiger partial charge in [-0.25, -0.2) is 0 Å². The van der Waals surface area contributed by atoms with Crippen LogP contribution in [0.3, 0.4) is 0 Å². The maximum absolute atomic E-state index is 12.9. The van der Waals surface area contributed by atoms with Gasteiger partial charge in [0.2, 0.25) is 0 Å². The maximum atomic E-state index is 12.9. The average Bonchev–Trinajstić information content (AvgIpc) is 3.33. The Kier molecular flexibility index (Phi) is 4.11. The van der Waals surface area contributed by atoms with E-state index in [1.807, 2.05) is 6.92 Å². The number of aromatic nitrogens is 3. The number of aliphatic hydroxyl groups is 1. The van der Waals surface area contributed by atoms with Gasteiger partial charge in [-0.3, -0.25) is 19.5 Å². The number of pyridine rings is 1. The molecule has 1 fully saturated rings. The van der Waals surface area contributed by atoms with Crippen molar-refractivity contribution in [3.8, 4) is 0 Å². The number of aromatic amines is 1. The number of hydrogen-bond donors (Lipinski definition) is 2. The smallest absolute Gasteiger partial charge is 0.301 e. The van der Waals surface area contributed by atoms with Gasteiger partial charge < -0.3 is 14.6 Å². The van der Waals surface area contributed by atoms with E-state index in [4.69, 9.17) is 4.52 Å². The van der Waals surface area contributed by atoms with E-state index in [0.29, 0.717) is 22.6 Å². The average molecular weight is 378 g/mol. The maximum Gasteiger partial charge on any atom is 0.301 e. The lowest BCUT2D eigenvalue weighted by Gasteiger charge is -2.22. The molecular weight excluding hydrogens is 360 g/mol. The first kappa shape index (κ1) is 17.7. The van der Waals surface area contributed by atoms with Gasteiger partial charge >= 0.3 is 5.91 Å². The Hall–Kier alpha value is -3.68. The molecule has 28 heavy (non-hydrogen) atoms. The lowest BCUT2D eigenvalue weighted by Crippen LogP contribution is -2.29. The van der Waals surface area contributed by atoms with E-state index in [2.05, 4.69) is 15.1 Å². The van der Waals surface area contributed by atoms with Gasteiger partial charge in [0, 0.05) is 35.9 Å². The van der Waals surface area contributed by atoms with Crippen molar-refractivity contribution in [1.82, 2.24) is 15.1 Å². The number of anilines is 1. The number of ketones is 1. The fourth-order valence-electron chi connectivity index (χ4n) is 3.54. The number of nitrogens with zero attached hydrogens (tertiary/aromatic N) is 3. The number of aryl methyl sites for hydroxylation is 3. The second-order valence-corrected chi connectivity index (χ2v) is 6.72. The topological polar surface area (TPSA) is 112 Å². The number of carbonyl (C=O) groups is 2. The molecule has 4 rings (SSSR count). The molecule has 0 bridgehead atoms. The van der Waals surface area contributed by atoms with Crippen LogP contribution in [-0.4, -0.2) is 31.9 Å². The number of Topliss-reactive ketones (excluding diaryl/α,β-unsaturated/α-hetero) is 1. The molecule has 8 heteroatoms. The minimum atomic E-state index is -0.869. The van der Waals surface area contributed by atoms with Crippen molar-refractivity contribution in [3.05, 3.63) is 70.5 Å². The Bertz CT molecular complexity index is 1090.